The molecule has 0 saturated carbocycles. The Bertz CT molecular complexity index is 939. The molecule has 0 heterocycles. The van der Waals surface area contributed by atoms with Gasteiger partial charge in [0.25, 0.3) is 0 Å². The van der Waals surface area contributed by atoms with E-state index in [0.29, 0.717) is 29.4 Å². The van der Waals surface area contributed by atoms with Crippen molar-refractivity contribution in [2.45, 2.75) is 6.61 Å². The van der Waals surface area contributed by atoms with E-state index in [0.717, 1.165) is 11.1 Å². The Hall–Kier alpha value is -3.53. The number of rotatable bonds is 8. The molecular weight excluding hydrogens is 352 g/mol. The predicted molar refractivity (Wildman–Crippen MR) is 110 cm³/mol. The van der Waals surface area contributed by atoms with Crippen molar-refractivity contribution in [3.8, 4) is 17.2 Å². The zero-order valence-corrected chi connectivity index (χ0v) is 15.9. The summed E-state index contributed by atoms with van der Waals surface area (Å²) in [7, 11) is 3.18. The topological polar surface area (TPSA) is 44.8 Å². The molecule has 3 aromatic carbocycles. The molecule has 3 rings (SSSR count). The minimum atomic E-state index is -0.134. The first-order chi connectivity index (χ1) is 13.7. The number of allylic oxidation sites excluding steroid dienone is 1. The molecule has 0 fully saturated rings. The highest BCUT2D eigenvalue weighted by Gasteiger charge is 2.10. The summed E-state index contributed by atoms with van der Waals surface area (Å²) in [5.41, 5.74) is 2.38. The van der Waals surface area contributed by atoms with Crippen LogP contribution in [0.1, 0.15) is 21.5 Å². The van der Waals surface area contributed by atoms with E-state index in [4.69, 9.17) is 14.2 Å². The normalized spacial score (nSPS) is 10.6. The summed E-state index contributed by atoms with van der Waals surface area (Å²) in [6.07, 6.45) is 3.26. The molecule has 142 valence electrons. The molecule has 0 N–H and O–H groups in total. The summed E-state index contributed by atoms with van der Waals surface area (Å²) < 4.78 is 16.4. The Morgan fingerprint density at radius 3 is 2.18 bits per heavy atom. The van der Waals surface area contributed by atoms with Gasteiger partial charge in [0, 0.05) is 6.07 Å². The summed E-state index contributed by atoms with van der Waals surface area (Å²) in [5.74, 6) is 1.76. The van der Waals surface area contributed by atoms with Crippen molar-refractivity contribution in [1.29, 1.82) is 0 Å². The molecule has 0 atom stereocenters. The number of carbonyl (C=O) groups excluding carboxylic acids is 1. The SMILES string of the molecule is COc1cc(/C=C\C(=O)c2ccccc2OCc2ccccc2)cc(OC)c1. The van der Waals surface area contributed by atoms with Crippen LogP contribution in [-0.4, -0.2) is 20.0 Å². The maximum atomic E-state index is 12.7. The van der Waals surface area contributed by atoms with Crippen molar-refractivity contribution < 1.29 is 19.0 Å². The minimum Gasteiger partial charge on any atom is -0.497 e. The molecule has 0 bridgehead atoms. The molecule has 0 aromatic heterocycles. The van der Waals surface area contributed by atoms with E-state index in [1.807, 2.05) is 54.6 Å². The van der Waals surface area contributed by atoms with Crippen LogP contribution < -0.4 is 14.2 Å². The van der Waals surface area contributed by atoms with Crippen LogP contribution in [0.25, 0.3) is 6.08 Å². The van der Waals surface area contributed by atoms with Gasteiger partial charge in [0.1, 0.15) is 23.9 Å². The second kappa shape index (κ2) is 9.42. The van der Waals surface area contributed by atoms with Crippen molar-refractivity contribution >= 4 is 11.9 Å². The fourth-order valence-corrected chi connectivity index (χ4v) is 2.72. The lowest BCUT2D eigenvalue weighted by molar-refractivity contribution is 0.104. The van der Waals surface area contributed by atoms with E-state index in [-0.39, 0.29) is 5.78 Å². The van der Waals surface area contributed by atoms with Crippen LogP contribution in [0.15, 0.2) is 78.9 Å². The number of para-hydroxylation sites is 1. The second-order valence-electron chi connectivity index (χ2n) is 6.11. The summed E-state index contributed by atoms with van der Waals surface area (Å²) in [6, 6.07) is 22.6. The summed E-state index contributed by atoms with van der Waals surface area (Å²) in [5, 5.41) is 0. The Morgan fingerprint density at radius 1 is 0.857 bits per heavy atom. The number of ketones is 1. The molecular formula is C24H22O4. The van der Waals surface area contributed by atoms with Crippen molar-refractivity contribution in [2.75, 3.05) is 14.2 Å². The molecule has 0 aliphatic heterocycles. The number of ether oxygens (including phenoxy) is 3. The highest BCUT2D eigenvalue weighted by molar-refractivity contribution is 6.08. The van der Waals surface area contributed by atoms with Crippen LogP contribution in [0.4, 0.5) is 0 Å². The minimum absolute atomic E-state index is 0.134. The lowest BCUT2D eigenvalue weighted by Gasteiger charge is -2.10. The molecule has 0 aliphatic carbocycles. The Labute approximate surface area is 165 Å². The quantitative estimate of drug-likeness (QED) is 0.403. The number of benzene rings is 3. The molecule has 28 heavy (non-hydrogen) atoms. The lowest BCUT2D eigenvalue weighted by atomic mass is 10.1. The highest BCUT2D eigenvalue weighted by atomic mass is 16.5. The zero-order valence-electron chi connectivity index (χ0n) is 15.9. The molecule has 0 saturated heterocycles. The van der Waals surface area contributed by atoms with Crippen molar-refractivity contribution in [3.05, 3.63) is 95.6 Å². The number of hydrogen-bond acceptors (Lipinski definition) is 4. The summed E-state index contributed by atoms with van der Waals surface area (Å²) >= 11 is 0. The van der Waals surface area contributed by atoms with E-state index in [2.05, 4.69) is 0 Å². The van der Waals surface area contributed by atoms with Gasteiger partial charge in [0.15, 0.2) is 5.78 Å². The van der Waals surface area contributed by atoms with Crippen LogP contribution >= 0.6 is 0 Å². The van der Waals surface area contributed by atoms with Crippen LogP contribution in [0, 0.1) is 0 Å². The third kappa shape index (κ3) is 5.01. The first-order valence-electron chi connectivity index (χ1n) is 8.91. The first-order valence-corrected chi connectivity index (χ1v) is 8.91. The van der Waals surface area contributed by atoms with Crippen LogP contribution in [0.5, 0.6) is 17.2 Å². The predicted octanol–water partition coefficient (Wildman–Crippen LogP) is 5.18. The van der Waals surface area contributed by atoms with Gasteiger partial charge in [0.2, 0.25) is 0 Å². The lowest BCUT2D eigenvalue weighted by Crippen LogP contribution is -2.02. The van der Waals surface area contributed by atoms with Crippen LogP contribution in [0.3, 0.4) is 0 Å². The molecule has 4 heteroatoms. The van der Waals surface area contributed by atoms with Gasteiger partial charge in [-0.1, -0.05) is 48.5 Å². The van der Waals surface area contributed by atoms with Gasteiger partial charge in [-0.2, -0.15) is 0 Å². The molecule has 4 nitrogen and oxygen atoms in total. The van der Waals surface area contributed by atoms with Gasteiger partial charge in [0.05, 0.1) is 19.8 Å². The molecule has 0 aliphatic rings. The van der Waals surface area contributed by atoms with Crippen molar-refractivity contribution in [2.24, 2.45) is 0 Å². The Morgan fingerprint density at radius 2 is 1.50 bits per heavy atom. The molecule has 0 radical (unpaired) electrons. The molecule has 0 unspecified atom stereocenters. The Balaban J connectivity index is 1.77. The van der Waals surface area contributed by atoms with E-state index in [1.165, 1.54) is 6.08 Å². The maximum Gasteiger partial charge on any atom is 0.189 e. The van der Waals surface area contributed by atoms with E-state index >= 15 is 0 Å². The summed E-state index contributed by atoms with van der Waals surface area (Å²) in [4.78, 5) is 12.7. The molecule has 0 amide bonds. The monoisotopic (exact) mass is 374 g/mol. The van der Waals surface area contributed by atoms with Gasteiger partial charge in [-0.15, -0.1) is 0 Å². The average molecular weight is 374 g/mol. The van der Waals surface area contributed by atoms with Crippen LogP contribution in [0.2, 0.25) is 0 Å². The van der Waals surface area contributed by atoms with E-state index < -0.39 is 0 Å². The van der Waals surface area contributed by atoms with Gasteiger partial charge in [-0.25, -0.2) is 0 Å². The van der Waals surface area contributed by atoms with Gasteiger partial charge in [-0.05, 0) is 41.5 Å². The van der Waals surface area contributed by atoms with E-state index in [9.17, 15) is 4.79 Å². The largest absolute Gasteiger partial charge is 0.497 e. The highest BCUT2D eigenvalue weighted by Crippen LogP contribution is 2.24. The van der Waals surface area contributed by atoms with Gasteiger partial charge >= 0.3 is 0 Å². The van der Waals surface area contributed by atoms with Crippen molar-refractivity contribution in [3.63, 3.8) is 0 Å². The fraction of sp³-hybridized carbons (Fsp3) is 0.125. The maximum absolute atomic E-state index is 12.7. The Kier molecular flexibility index (Phi) is 6.47. The summed E-state index contributed by atoms with van der Waals surface area (Å²) in [6.45, 7) is 0.405. The third-order valence-electron chi connectivity index (χ3n) is 4.19. The number of hydrogen-bond donors (Lipinski definition) is 0. The standard InChI is InChI=1S/C24H22O4/c1-26-20-14-19(15-21(16-20)27-2)12-13-23(25)22-10-6-7-11-24(22)28-17-18-8-4-3-5-9-18/h3-16H,17H2,1-2H3/b13-12-. The van der Waals surface area contributed by atoms with Crippen LogP contribution in [-0.2, 0) is 6.61 Å². The fourth-order valence-electron chi connectivity index (χ4n) is 2.72. The van der Waals surface area contributed by atoms with Gasteiger partial charge < -0.3 is 14.2 Å². The van der Waals surface area contributed by atoms with E-state index in [1.54, 1.807) is 38.5 Å². The van der Waals surface area contributed by atoms with Gasteiger partial charge in [-0.3, -0.25) is 4.79 Å². The number of methoxy groups -OCH3 is 2. The smallest absolute Gasteiger partial charge is 0.189 e. The third-order valence-corrected chi connectivity index (χ3v) is 4.19. The zero-order chi connectivity index (χ0) is 19.8. The average Bonchev–Trinajstić information content (AvgIpc) is 2.76. The first kappa shape index (κ1) is 19.2. The molecule has 0 spiro atoms. The van der Waals surface area contributed by atoms with Crippen molar-refractivity contribution in [1.82, 2.24) is 0 Å². The molecule has 3 aromatic rings. The number of carbonyl (C=O) groups is 1. The second-order valence-corrected chi connectivity index (χ2v) is 6.11.